The van der Waals surface area contributed by atoms with Crippen molar-refractivity contribution < 1.29 is 4.79 Å². The number of carbonyl (C=O) groups excluding carboxylic acids is 1. The summed E-state index contributed by atoms with van der Waals surface area (Å²) in [5, 5.41) is 0. The van der Waals surface area contributed by atoms with Gasteiger partial charge in [0.1, 0.15) is 0 Å². The first kappa shape index (κ1) is 16.5. The molecule has 0 radical (unpaired) electrons. The molecule has 1 fully saturated rings. The normalized spacial score (nSPS) is 16.4. The number of Topliss-reactive ketones (excluding diaryl/α,β-unsaturated/α-hetero) is 1. The molecule has 0 aromatic heterocycles. The van der Waals surface area contributed by atoms with E-state index >= 15 is 0 Å². The third-order valence-corrected chi connectivity index (χ3v) is 5.02. The van der Waals surface area contributed by atoms with Crippen LogP contribution in [0.1, 0.15) is 47.7 Å². The maximum Gasteiger partial charge on any atom is 0.195 e. The average Bonchev–Trinajstić information content (AvgIpc) is 2.58. The number of nitrogens with zero attached hydrogens (tertiary/aromatic N) is 1. The predicted octanol–water partition coefficient (Wildman–Crippen LogP) is 4.91. The van der Waals surface area contributed by atoms with Crippen molar-refractivity contribution in [2.24, 2.45) is 0 Å². The third kappa shape index (κ3) is 3.28. The molecule has 0 amide bonds. The second-order valence-electron chi connectivity index (χ2n) is 7.19. The molecule has 2 nitrogen and oxygen atoms in total. The molecule has 0 bridgehead atoms. The average molecular weight is 319 g/mol. The molecule has 1 aliphatic carbocycles. The van der Waals surface area contributed by atoms with Crippen molar-refractivity contribution in [3.63, 3.8) is 0 Å². The molecule has 1 aliphatic rings. The Bertz CT molecular complexity index is 737. The van der Waals surface area contributed by atoms with Crippen LogP contribution in [0.5, 0.6) is 0 Å². The highest BCUT2D eigenvalue weighted by atomic mass is 16.1. The molecular formula is C22H25NO. The summed E-state index contributed by atoms with van der Waals surface area (Å²) in [5.74, 6) is 0.0696. The minimum absolute atomic E-state index is 0.0696. The van der Waals surface area contributed by atoms with Crippen molar-refractivity contribution in [3.8, 4) is 0 Å². The number of rotatable bonds is 5. The number of carbonyl (C=O) groups is 1. The smallest absolute Gasteiger partial charge is 0.195 e. The van der Waals surface area contributed by atoms with Gasteiger partial charge in [-0.25, -0.2) is 0 Å². The first-order valence-electron chi connectivity index (χ1n) is 8.58. The minimum Gasteiger partial charge on any atom is -0.383 e. The molecule has 2 heteroatoms. The zero-order valence-corrected chi connectivity index (χ0v) is 14.8. The molecule has 0 unspecified atom stereocenters. The number of hydrogen-bond donors (Lipinski definition) is 0. The van der Waals surface area contributed by atoms with Crippen LogP contribution >= 0.6 is 0 Å². The molecule has 124 valence electrons. The summed E-state index contributed by atoms with van der Waals surface area (Å²) in [6.45, 7) is 2.31. The van der Waals surface area contributed by atoms with Crippen LogP contribution in [-0.4, -0.2) is 24.8 Å². The van der Waals surface area contributed by atoms with E-state index in [-0.39, 0.29) is 5.78 Å². The van der Waals surface area contributed by atoms with Crippen LogP contribution in [0.3, 0.4) is 0 Å². The molecule has 2 aromatic carbocycles. The van der Waals surface area contributed by atoms with Gasteiger partial charge in [-0.3, -0.25) is 4.79 Å². The van der Waals surface area contributed by atoms with Crippen molar-refractivity contribution in [1.82, 2.24) is 4.90 Å². The van der Waals surface area contributed by atoms with Gasteiger partial charge in [0.05, 0.1) is 0 Å². The number of hydrogen-bond acceptors (Lipinski definition) is 2. The van der Waals surface area contributed by atoms with Gasteiger partial charge in [0, 0.05) is 31.4 Å². The summed E-state index contributed by atoms with van der Waals surface area (Å²) in [4.78, 5) is 15.0. The van der Waals surface area contributed by atoms with E-state index in [0.29, 0.717) is 5.41 Å². The van der Waals surface area contributed by atoms with E-state index in [4.69, 9.17) is 0 Å². The topological polar surface area (TPSA) is 20.3 Å². The van der Waals surface area contributed by atoms with Crippen molar-refractivity contribution >= 4 is 11.4 Å². The fourth-order valence-corrected chi connectivity index (χ4v) is 3.32. The molecule has 0 aliphatic heterocycles. The van der Waals surface area contributed by atoms with Crippen molar-refractivity contribution in [2.45, 2.75) is 31.6 Å². The Morgan fingerprint density at radius 3 is 2.08 bits per heavy atom. The molecule has 0 spiro atoms. The number of allylic oxidation sites excluding steroid dienone is 1. The van der Waals surface area contributed by atoms with E-state index in [2.05, 4.69) is 19.1 Å². The standard InChI is InChI=1S/C22H25NO/c1-22(14-7-15-22)19-12-10-18(11-13-19)21(24)20(16-23(2)3)17-8-5-4-6-9-17/h4-6,8-13,16H,7,14-15H2,1-3H3. The molecule has 3 rings (SSSR count). The molecule has 0 heterocycles. The highest BCUT2D eigenvalue weighted by molar-refractivity contribution is 6.28. The van der Waals surface area contributed by atoms with Gasteiger partial charge in [-0.15, -0.1) is 0 Å². The summed E-state index contributed by atoms with van der Waals surface area (Å²) < 4.78 is 0. The highest BCUT2D eigenvalue weighted by Crippen LogP contribution is 2.43. The summed E-state index contributed by atoms with van der Waals surface area (Å²) in [6, 6.07) is 18.1. The summed E-state index contributed by atoms with van der Waals surface area (Å²) in [5.41, 5.74) is 4.08. The predicted molar refractivity (Wildman–Crippen MR) is 100 cm³/mol. The van der Waals surface area contributed by atoms with Crippen molar-refractivity contribution in [1.29, 1.82) is 0 Å². The number of ketones is 1. The Labute approximate surface area is 144 Å². The van der Waals surface area contributed by atoms with Crippen LogP contribution in [0, 0.1) is 0 Å². The fourth-order valence-electron chi connectivity index (χ4n) is 3.32. The monoisotopic (exact) mass is 319 g/mol. The van der Waals surface area contributed by atoms with Crippen LogP contribution < -0.4 is 0 Å². The quantitative estimate of drug-likeness (QED) is 0.576. The molecule has 1 saturated carbocycles. The van der Waals surface area contributed by atoms with Gasteiger partial charge in [-0.1, -0.05) is 67.9 Å². The summed E-state index contributed by atoms with van der Waals surface area (Å²) in [6.07, 6.45) is 5.70. The van der Waals surface area contributed by atoms with Crippen LogP contribution in [0.15, 0.2) is 60.8 Å². The van der Waals surface area contributed by atoms with Gasteiger partial charge < -0.3 is 4.90 Å². The van der Waals surface area contributed by atoms with E-state index in [1.165, 1.54) is 24.8 Å². The SMILES string of the molecule is CN(C)C=C(C(=O)c1ccc(C2(C)CCC2)cc1)c1ccccc1. The molecule has 24 heavy (non-hydrogen) atoms. The molecule has 0 atom stereocenters. The lowest BCUT2D eigenvalue weighted by atomic mass is 9.66. The van der Waals surface area contributed by atoms with E-state index in [1.807, 2.05) is 67.7 Å². The molecule has 0 saturated heterocycles. The molecular weight excluding hydrogens is 294 g/mol. The van der Waals surface area contributed by atoms with Crippen LogP contribution in [0.25, 0.3) is 5.57 Å². The van der Waals surface area contributed by atoms with E-state index < -0.39 is 0 Å². The summed E-state index contributed by atoms with van der Waals surface area (Å²) in [7, 11) is 3.88. The van der Waals surface area contributed by atoms with Gasteiger partial charge in [-0.2, -0.15) is 0 Å². The second kappa shape index (κ2) is 6.64. The molecule has 0 N–H and O–H groups in total. The largest absolute Gasteiger partial charge is 0.383 e. The zero-order valence-electron chi connectivity index (χ0n) is 14.8. The molecule has 2 aromatic rings. The minimum atomic E-state index is 0.0696. The zero-order chi connectivity index (χ0) is 17.2. The second-order valence-corrected chi connectivity index (χ2v) is 7.19. The lowest BCUT2D eigenvalue weighted by molar-refractivity contribution is 0.105. The van der Waals surface area contributed by atoms with Crippen LogP contribution in [-0.2, 0) is 5.41 Å². The van der Waals surface area contributed by atoms with Crippen molar-refractivity contribution in [3.05, 3.63) is 77.5 Å². The van der Waals surface area contributed by atoms with Gasteiger partial charge in [0.25, 0.3) is 0 Å². The van der Waals surface area contributed by atoms with Gasteiger partial charge in [0.15, 0.2) is 5.78 Å². The van der Waals surface area contributed by atoms with Crippen LogP contribution in [0.4, 0.5) is 0 Å². The van der Waals surface area contributed by atoms with E-state index in [1.54, 1.807) is 0 Å². The van der Waals surface area contributed by atoms with Crippen LogP contribution in [0.2, 0.25) is 0 Å². The lowest BCUT2D eigenvalue weighted by Crippen LogP contribution is -2.30. The van der Waals surface area contributed by atoms with Gasteiger partial charge in [-0.05, 0) is 29.4 Å². The Morgan fingerprint density at radius 1 is 0.958 bits per heavy atom. The van der Waals surface area contributed by atoms with Gasteiger partial charge in [0.2, 0.25) is 0 Å². The van der Waals surface area contributed by atoms with E-state index in [9.17, 15) is 4.79 Å². The van der Waals surface area contributed by atoms with Crippen molar-refractivity contribution in [2.75, 3.05) is 14.1 Å². The Morgan fingerprint density at radius 2 is 1.58 bits per heavy atom. The Hall–Kier alpha value is -2.35. The number of benzene rings is 2. The summed E-state index contributed by atoms with van der Waals surface area (Å²) >= 11 is 0. The Balaban J connectivity index is 1.90. The highest BCUT2D eigenvalue weighted by Gasteiger charge is 2.33. The maximum absolute atomic E-state index is 13.0. The van der Waals surface area contributed by atoms with Gasteiger partial charge >= 0.3 is 0 Å². The third-order valence-electron chi connectivity index (χ3n) is 5.02. The lowest BCUT2D eigenvalue weighted by Gasteiger charge is -2.39. The first-order valence-corrected chi connectivity index (χ1v) is 8.58. The first-order chi connectivity index (χ1) is 11.5. The fraction of sp³-hybridized carbons (Fsp3) is 0.318. The Kier molecular flexibility index (Phi) is 4.57. The maximum atomic E-state index is 13.0. The van der Waals surface area contributed by atoms with E-state index in [0.717, 1.165) is 16.7 Å².